The zero-order chi connectivity index (χ0) is 16.4. The Morgan fingerprint density at radius 1 is 1.22 bits per heavy atom. The first-order chi connectivity index (χ1) is 11.2. The van der Waals surface area contributed by atoms with Gasteiger partial charge >= 0.3 is 0 Å². The maximum atomic E-state index is 13.2. The molecular formula is C17H15BrFN3S. The summed E-state index contributed by atoms with van der Waals surface area (Å²) in [5.41, 5.74) is 3.60. The number of halogens is 2. The number of benzene rings is 2. The van der Waals surface area contributed by atoms with Crippen LogP contribution in [0.25, 0.3) is 10.9 Å². The van der Waals surface area contributed by atoms with Crippen LogP contribution >= 0.6 is 28.7 Å². The van der Waals surface area contributed by atoms with Gasteiger partial charge in [-0.25, -0.2) is 4.39 Å². The van der Waals surface area contributed by atoms with E-state index in [0.29, 0.717) is 0 Å². The van der Waals surface area contributed by atoms with E-state index in [4.69, 9.17) is 0 Å². The standard InChI is InChI=1S/C17H15BrFN3S/c1-20-15(10-4-6-11(19)7-5-10)13-9-14(18)12-3-2-8-21-16(12)17(13)22-23/h2-9,15,20,22-23H,1H3. The second kappa shape index (κ2) is 6.86. The second-order valence-corrected chi connectivity index (χ2v) is 6.19. The highest BCUT2D eigenvalue weighted by atomic mass is 79.9. The summed E-state index contributed by atoms with van der Waals surface area (Å²) < 4.78 is 17.1. The lowest BCUT2D eigenvalue weighted by molar-refractivity contribution is 0.623. The quantitative estimate of drug-likeness (QED) is 0.564. The fourth-order valence-electron chi connectivity index (χ4n) is 2.72. The van der Waals surface area contributed by atoms with E-state index >= 15 is 0 Å². The third-order valence-corrected chi connectivity index (χ3v) is 4.67. The molecule has 0 fully saturated rings. The molecule has 1 unspecified atom stereocenters. The van der Waals surface area contributed by atoms with E-state index in [-0.39, 0.29) is 11.9 Å². The predicted molar refractivity (Wildman–Crippen MR) is 99.4 cm³/mol. The van der Waals surface area contributed by atoms with Crippen LogP contribution in [0.4, 0.5) is 10.1 Å². The molecule has 6 heteroatoms. The van der Waals surface area contributed by atoms with Crippen LogP contribution in [0.3, 0.4) is 0 Å². The van der Waals surface area contributed by atoms with Crippen molar-refractivity contribution >= 4 is 45.3 Å². The molecule has 0 saturated carbocycles. The van der Waals surface area contributed by atoms with E-state index in [9.17, 15) is 4.39 Å². The molecule has 0 radical (unpaired) electrons. The molecule has 0 aliphatic heterocycles. The average Bonchev–Trinajstić information content (AvgIpc) is 2.58. The van der Waals surface area contributed by atoms with Crippen LogP contribution in [0.1, 0.15) is 17.2 Å². The minimum atomic E-state index is -0.252. The highest BCUT2D eigenvalue weighted by Gasteiger charge is 2.20. The Kier molecular flexibility index (Phi) is 4.84. The van der Waals surface area contributed by atoms with Crippen LogP contribution in [0.2, 0.25) is 0 Å². The van der Waals surface area contributed by atoms with Gasteiger partial charge in [0.1, 0.15) is 5.82 Å². The molecule has 23 heavy (non-hydrogen) atoms. The largest absolute Gasteiger partial charge is 0.330 e. The molecule has 0 saturated heterocycles. The lowest BCUT2D eigenvalue weighted by Gasteiger charge is -2.22. The average molecular weight is 392 g/mol. The van der Waals surface area contributed by atoms with Gasteiger partial charge in [0, 0.05) is 21.6 Å². The van der Waals surface area contributed by atoms with E-state index in [1.807, 2.05) is 25.2 Å². The van der Waals surface area contributed by atoms with Gasteiger partial charge < -0.3 is 10.0 Å². The Morgan fingerprint density at radius 3 is 2.61 bits per heavy atom. The zero-order valence-corrected chi connectivity index (χ0v) is 14.8. The van der Waals surface area contributed by atoms with Crippen molar-refractivity contribution in [2.45, 2.75) is 6.04 Å². The molecule has 2 aromatic carbocycles. The molecule has 0 aliphatic carbocycles. The fourth-order valence-corrected chi connectivity index (χ4v) is 3.52. The first-order valence-electron chi connectivity index (χ1n) is 7.05. The molecule has 2 N–H and O–H groups in total. The maximum Gasteiger partial charge on any atom is 0.123 e. The molecule has 3 rings (SSSR count). The molecule has 0 bridgehead atoms. The number of nitrogens with zero attached hydrogens (tertiary/aromatic N) is 1. The third kappa shape index (κ3) is 3.06. The molecule has 3 aromatic rings. The maximum absolute atomic E-state index is 13.2. The van der Waals surface area contributed by atoms with Crippen molar-refractivity contribution in [3.8, 4) is 0 Å². The van der Waals surface area contributed by atoms with E-state index in [0.717, 1.165) is 32.2 Å². The van der Waals surface area contributed by atoms with Crippen molar-refractivity contribution in [3.05, 3.63) is 70.1 Å². The molecule has 1 heterocycles. The van der Waals surface area contributed by atoms with Gasteiger partial charge in [-0.2, -0.15) is 0 Å². The number of hydrogen-bond acceptors (Lipinski definition) is 4. The molecule has 1 atom stereocenters. The van der Waals surface area contributed by atoms with E-state index in [1.165, 1.54) is 12.1 Å². The van der Waals surface area contributed by atoms with Gasteiger partial charge in [0.15, 0.2) is 0 Å². The van der Waals surface area contributed by atoms with Crippen LogP contribution in [-0.4, -0.2) is 12.0 Å². The Bertz CT molecular complexity index is 839. The van der Waals surface area contributed by atoms with Crippen molar-refractivity contribution in [1.29, 1.82) is 0 Å². The van der Waals surface area contributed by atoms with Gasteiger partial charge in [-0.15, -0.1) is 0 Å². The normalized spacial score (nSPS) is 12.3. The molecule has 0 aliphatic rings. The number of thiol groups is 1. The Morgan fingerprint density at radius 2 is 1.96 bits per heavy atom. The fraction of sp³-hybridized carbons (Fsp3) is 0.118. The first-order valence-corrected chi connectivity index (χ1v) is 8.29. The Balaban J connectivity index is 2.22. The lowest BCUT2D eigenvalue weighted by Crippen LogP contribution is -2.19. The van der Waals surface area contributed by atoms with Gasteiger partial charge in [-0.1, -0.05) is 46.9 Å². The summed E-state index contributed by atoms with van der Waals surface area (Å²) in [6.07, 6.45) is 1.75. The molecule has 0 spiro atoms. The molecule has 3 nitrogen and oxygen atoms in total. The minimum absolute atomic E-state index is 0.118. The number of hydrogen-bond donors (Lipinski definition) is 3. The molecule has 118 valence electrons. The van der Waals surface area contributed by atoms with Crippen molar-refractivity contribution in [3.63, 3.8) is 0 Å². The molecule has 1 aromatic heterocycles. The predicted octanol–water partition coefficient (Wildman–Crippen LogP) is 4.70. The monoisotopic (exact) mass is 391 g/mol. The number of nitrogens with one attached hydrogen (secondary N) is 2. The van der Waals surface area contributed by atoms with Gasteiger partial charge in [0.05, 0.1) is 17.2 Å². The highest BCUT2D eigenvalue weighted by Crippen LogP contribution is 2.37. The zero-order valence-electron chi connectivity index (χ0n) is 12.3. The van der Waals surface area contributed by atoms with E-state index < -0.39 is 0 Å². The summed E-state index contributed by atoms with van der Waals surface area (Å²) in [6, 6.07) is 12.3. The third-order valence-electron chi connectivity index (χ3n) is 3.79. The summed E-state index contributed by atoms with van der Waals surface area (Å²) in [5, 5.41) is 4.28. The van der Waals surface area contributed by atoms with Crippen LogP contribution in [0, 0.1) is 5.82 Å². The number of pyridine rings is 1. The number of anilines is 1. The van der Waals surface area contributed by atoms with Crippen molar-refractivity contribution in [2.24, 2.45) is 0 Å². The topological polar surface area (TPSA) is 37.0 Å². The Hall–Kier alpha value is -1.63. The van der Waals surface area contributed by atoms with Crippen molar-refractivity contribution < 1.29 is 4.39 Å². The van der Waals surface area contributed by atoms with E-state index in [2.05, 4.69) is 43.8 Å². The summed E-state index contributed by atoms with van der Waals surface area (Å²) in [5.74, 6) is -0.252. The van der Waals surface area contributed by atoms with E-state index in [1.54, 1.807) is 18.3 Å². The minimum Gasteiger partial charge on any atom is -0.330 e. The van der Waals surface area contributed by atoms with Gasteiger partial charge in [0.2, 0.25) is 0 Å². The summed E-state index contributed by atoms with van der Waals surface area (Å²) in [7, 11) is 1.87. The van der Waals surface area contributed by atoms with Crippen molar-refractivity contribution in [2.75, 3.05) is 11.8 Å². The SMILES string of the molecule is CNC(c1ccc(F)cc1)c1cc(Br)c2cccnc2c1NS. The van der Waals surface area contributed by atoms with Crippen LogP contribution < -0.4 is 10.0 Å². The first kappa shape index (κ1) is 16.2. The van der Waals surface area contributed by atoms with Crippen LogP contribution in [0.15, 0.2) is 53.1 Å². The summed E-state index contributed by atoms with van der Waals surface area (Å²) in [6.45, 7) is 0. The van der Waals surface area contributed by atoms with Gasteiger partial charge in [-0.3, -0.25) is 4.98 Å². The lowest BCUT2D eigenvalue weighted by atomic mass is 9.96. The number of rotatable bonds is 4. The van der Waals surface area contributed by atoms with Gasteiger partial charge in [-0.05, 0) is 36.9 Å². The second-order valence-electron chi connectivity index (χ2n) is 5.11. The van der Waals surface area contributed by atoms with Crippen LogP contribution in [0.5, 0.6) is 0 Å². The van der Waals surface area contributed by atoms with Gasteiger partial charge in [0.25, 0.3) is 0 Å². The number of aromatic nitrogens is 1. The molecule has 0 amide bonds. The van der Waals surface area contributed by atoms with Crippen LogP contribution in [-0.2, 0) is 0 Å². The summed E-state index contributed by atoms with van der Waals surface area (Å²) in [4.78, 5) is 4.47. The van der Waals surface area contributed by atoms with Crippen molar-refractivity contribution in [1.82, 2.24) is 10.3 Å². The highest BCUT2D eigenvalue weighted by molar-refractivity contribution is 9.10. The smallest absolute Gasteiger partial charge is 0.123 e. The molecular weight excluding hydrogens is 377 g/mol. The number of fused-ring (bicyclic) bond motifs is 1. The summed E-state index contributed by atoms with van der Waals surface area (Å²) >= 11 is 7.87. The Labute approximate surface area is 148 Å².